The number of aryl methyl sites for hydroxylation is 1. The summed E-state index contributed by atoms with van der Waals surface area (Å²) < 4.78 is 29.2. The highest BCUT2D eigenvalue weighted by Crippen LogP contribution is 2.30. The minimum absolute atomic E-state index is 0.0800. The summed E-state index contributed by atoms with van der Waals surface area (Å²) in [5, 5.41) is 3.25. The monoisotopic (exact) mass is 353 g/mol. The van der Waals surface area contributed by atoms with Gasteiger partial charge in [-0.1, -0.05) is 35.0 Å². The van der Waals surface area contributed by atoms with Crippen molar-refractivity contribution in [2.75, 3.05) is 6.54 Å². The first-order chi connectivity index (χ1) is 10.0. The van der Waals surface area contributed by atoms with Crippen LogP contribution in [0.15, 0.2) is 40.9 Å². The van der Waals surface area contributed by atoms with Gasteiger partial charge in [-0.15, -0.1) is 0 Å². The van der Waals surface area contributed by atoms with Gasteiger partial charge in [0.1, 0.15) is 11.6 Å². The van der Waals surface area contributed by atoms with Crippen LogP contribution in [0.4, 0.5) is 8.78 Å². The Bertz CT molecular complexity index is 608. The number of hydrogen-bond acceptors (Lipinski definition) is 1. The third-order valence-electron chi connectivity index (χ3n) is 3.43. The standard InChI is InChI=1S/C17H18BrF2N/c1-3-9-21-17(13-8-7-12(18)10-11(13)2)16-14(19)5-4-6-15(16)20/h4-8,10,17,21H,3,9H2,1-2H3. The van der Waals surface area contributed by atoms with Crippen LogP contribution in [-0.2, 0) is 0 Å². The summed E-state index contributed by atoms with van der Waals surface area (Å²) in [5.74, 6) is -1.04. The molecule has 2 aromatic rings. The highest BCUT2D eigenvalue weighted by Gasteiger charge is 2.22. The van der Waals surface area contributed by atoms with Crippen molar-refractivity contribution >= 4 is 15.9 Å². The molecular weight excluding hydrogens is 336 g/mol. The predicted molar refractivity (Wildman–Crippen MR) is 85.4 cm³/mol. The van der Waals surface area contributed by atoms with Crippen molar-refractivity contribution in [3.05, 3.63) is 69.2 Å². The Morgan fingerprint density at radius 3 is 2.38 bits per heavy atom. The normalized spacial score (nSPS) is 12.4. The van der Waals surface area contributed by atoms with Crippen molar-refractivity contribution in [1.29, 1.82) is 0 Å². The minimum Gasteiger partial charge on any atom is -0.306 e. The van der Waals surface area contributed by atoms with Gasteiger partial charge in [0.25, 0.3) is 0 Å². The van der Waals surface area contributed by atoms with Gasteiger partial charge in [0.15, 0.2) is 0 Å². The zero-order valence-corrected chi connectivity index (χ0v) is 13.7. The first kappa shape index (κ1) is 16.1. The minimum atomic E-state index is -0.522. The molecule has 0 fully saturated rings. The lowest BCUT2D eigenvalue weighted by molar-refractivity contribution is 0.502. The Morgan fingerprint density at radius 1 is 1.14 bits per heavy atom. The summed E-state index contributed by atoms with van der Waals surface area (Å²) in [6.45, 7) is 4.66. The summed E-state index contributed by atoms with van der Waals surface area (Å²) >= 11 is 3.41. The largest absolute Gasteiger partial charge is 0.306 e. The molecule has 0 saturated carbocycles. The molecule has 0 saturated heterocycles. The van der Waals surface area contributed by atoms with Crippen LogP contribution in [0.1, 0.15) is 36.1 Å². The first-order valence-electron chi connectivity index (χ1n) is 6.98. The average molecular weight is 354 g/mol. The van der Waals surface area contributed by atoms with Gasteiger partial charge in [-0.2, -0.15) is 0 Å². The van der Waals surface area contributed by atoms with E-state index >= 15 is 0 Å². The Hall–Kier alpha value is -1.26. The van der Waals surface area contributed by atoms with Crippen molar-refractivity contribution in [2.45, 2.75) is 26.3 Å². The summed E-state index contributed by atoms with van der Waals surface area (Å²) in [5.41, 5.74) is 1.95. The van der Waals surface area contributed by atoms with Gasteiger partial charge in [0.2, 0.25) is 0 Å². The molecule has 1 N–H and O–H groups in total. The van der Waals surface area contributed by atoms with E-state index in [4.69, 9.17) is 0 Å². The molecule has 2 aromatic carbocycles. The molecular formula is C17H18BrF2N. The molecule has 0 aliphatic carbocycles. The lowest BCUT2D eigenvalue weighted by Crippen LogP contribution is -2.26. The molecule has 4 heteroatoms. The van der Waals surface area contributed by atoms with Crippen molar-refractivity contribution in [2.24, 2.45) is 0 Å². The van der Waals surface area contributed by atoms with Crippen LogP contribution in [0.2, 0.25) is 0 Å². The number of rotatable bonds is 5. The van der Waals surface area contributed by atoms with E-state index in [1.54, 1.807) is 0 Å². The quantitative estimate of drug-likeness (QED) is 0.785. The second-order valence-electron chi connectivity index (χ2n) is 5.02. The predicted octanol–water partition coefficient (Wildman–Crippen LogP) is 5.12. The molecule has 0 aromatic heterocycles. The number of halogens is 3. The van der Waals surface area contributed by atoms with E-state index < -0.39 is 17.7 Å². The Balaban J connectivity index is 2.52. The van der Waals surface area contributed by atoms with Crippen LogP contribution in [0.5, 0.6) is 0 Å². The van der Waals surface area contributed by atoms with Crippen molar-refractivity contribution in [1.82, 2.24) is 5.32 Å². The molecule has 0 aliphatic rings. The maximum absolute atomic E-state index is 14.1. The molecule has 0 radical (unpaired) electrons. The fourth-order valence-electron chi connectivity index (χ4n) is 2.41. The first-order valence-corrected chi connectivity index (χ1v) is 7.77. The third kappa shape index (κ3) is 3.69. The van der Waals surface area contributed by atoms with Crippen molar-refractivity contribution in [3.8, 4) is 0 Å². The van der Waals surface area contributed by atoms with Gasteiger partial charge in [-0.05, 0) is 55.3 Å². The summed E-state index contributed by atoms with van der Waals surface area (Å²) in [4.78, 5) is 0. The molecule has 0 heterocycles. The molecule has 1 unspecified atom stereocenters. The molecule has 0 spiro atoms. The van der Waals surface area contributed by atoms with Gasteiger partial charge < -0.3 is 5.32 Å². The highest BCUT2D eigenvalue weighted by atomic mass is 79.9. The molecule has 0 bridgehead atoms. The molecule has 0 amide bonds. The van der Waals surface area contributed by atoms with Gasteiger partial charge in [-0.25, -0.2) is 8.78 Å². The number of hydrogen-bond donors (Lipinski definition) is 1. The van der Waals surface area contributed by atoms with Crippen LogP contribution in [0, 0.1) is 18.6 Å². The summed E-state index contributed by atoms with van der Waals surface area (Å²) in [7, 11) is 0. The van der Waals surface area contributed by atoms with Gasteiger partial charge in [-0.3, -0.25) is 0 Å². The Labute approximate surface area is 132 Å². The van der Waals surface area contributed by atoms with E-state index in [2.05, 4.69) is 21.2 Å². The third-order valence-corrected chi connectivity index (χ3v) is 3.92. The second kappa shape index (κ2) is 7.14. The molecule has 112 valence electrons. The summed E-state index contributed by atoms with van der Waals surface area (Å²) in [6, 6.07) is 9.24. The SMILES string of the molecule is CCCNC(c1ccc(Br)cc1C)c1c(F)cccc1F. The second-order valence-corrected chi connectivity index (χ2v) is 5.94. The van der Waals surface area contributed by atoms with Crippen LogP contribution in [0.25, 0.3) is 0 Å². The maximum atomic E-state index is 14.1. The van der Waals surface area contributed by atoms with Crippen LogP contribution in [-0.4, -0.2) is 6.54 Å². The van der Waals surface area contributed by atoms with Crippen LogP contribution in [0.3, 0.4) is 0 Å². The van der Waals surface area contributed by atoms with E-state index in [1.165, 1.54) is 18.2 Å². The molecule has 0 aliphatic heterocycles. The maximum Gasteiger partial charge on any atom is 0.131 e. The lowest BCUT2D eigenvalue weighted by Gasteiger charge is -2.22. The molecule has 1 atom stereocenters. The van der Waals surface area contributed by atoms with E-state index in [0.29, 0.717) is 6.54 Å². The van der Waals surface area contributed by atoms with Gasteiger partial charge in [0.05, 0.1) is 6.04 Å². The van der Waals surface area contributed by atoms with E-state index in [9.17, 15) is 8.78 Å². The van der Waals surface area contributed by atoms with E-state index in [-0.39, 0.29) is 5.56 Å². The zero-order chi connectivity index (χ0) is 15.4. The average Bonchev–Trinajstić information content (AvgIpc) is 2.43. The zero-order valence-electron chi connectivity index (χ0n) is 12.1. The summed E-state index contributed by atoms with van der Waals surface area (Å²) in [6.07, 6.45) is 0.891. The molecule has 2 rings (SSSR count). The Kier molecular flexibility index (Phi) is 5.48. The topological polar surface area (TPSA) is 12.0 Å². The van der Waals surface area contributed by atoms with E-state index in [0.717, 1.165) is 22.0 Å². The fourth-order valence-corrected chi connectivity index (χ4v) is 2.88. The lowest BCUT2D eigenvalue weighted by atomic mass is 9.94. The van der Waals surface area contributed by atoms with Crippen LogP contribution < -0.4 is 5.32 Å². The molecule has 1 nitrogen and oxygen atoms in total. The van der Waals surface area contributed by atoms with Gasteiger partial charge in [0, 0.05) is 10.0 Å². The van der Waals surface area contributed by atoms with E-state index in [1.807, 2.05) is 32.0 Å². The van der Waals surface area contributed by atoms with Gasteiger partial charge >= 0.3 is 0 Å². The molecule has 21 heavy (non-hydrogen) atoms. The van der Waals surface area contributed by atoms with Crippen molar-refractivity contribution < 1.29 is 8.78 Å². The highest BCUT2D eigenvalue weighted by molar-refractivity contribution is 9.10. The Morgan fingerprint density at radius 2 is 1.81 bits per heavy atom. The number of benzene rings is 2. The van der Waals surface area contributed by atoms with Crippen LogP contribution >= 0.6 is 15.9 Å². The van der Waals surface area contributed by atoms with Crippen molar-refractivity contribution in [3.63, 3.8) is 0 Å². The smallest absolute Gasteiger partial charge is 0.131 e. The number of nitrogens with one attached hydrogen (secondary N) is 1. The fraction of sp³-hybridized carbons (Fsp3) is 0.294.